The molecule has 1 aromatic heterocycles. The molecule has 23 heavy (non-hydrogen) atoms. The van der Waals surface area contributed by atoms with Crippen LogP contribution in [0.4, 0.5) is 0 Å². The molecule has 0 unspecified atom stereocenters. The number of hydrogen-bond donors (Lipinski definition) is 1. The number of halogens is 1. The molecule has 3 aliphatic rings. The van der Waals surface area contributed by atoms with Gasteiger partial charge in [0.05, 0.1) is 0 Å². The van der Waals surface area contributed by atoms with Crippen molar-refractivity contribution in [2.24, 2.45) is 10.8 Å². The second-order valence-electron chi connectivity index (χ2n) is 7.70. The minimum absolute atomic E-state index is 0. The highest BCUT2D eigenvalue weighted by Gasteiger charge is 2.48. The molecule has 1 N–H and O–H groups in total. The molecule has 3 heterocycles. The van der Waals surface area contributed by atoms with Gasteiger partial charge in [-0.1, -0.05) is 0 Å². The third-order valence-electron chi connectivity index (χ3n) is 5.95. The van der Waals surface area contributed by atoms with Crippen molar-refractivity contribution >= 4 is 18.3 Å². The molecule has 0 radical (unpaired) electrons. The van der Waals surface area contributed by atoms with Crippen molar-refractivity contribution in [2.75, 3.05) is 26.2 Å². The molecule has 1 aromatic rings. The van der Waals surface area contributed by atoms with Crippen LogP contribution >= 0.6 is 12.4 Å². The van der Waals surface area contributed by atoms with E-state index < -0.39 is 0 Å². The zero-order chi connectivity index (χ0) is 15.0. The number of carbonyl (C=O) groups is 1. The first-order valence-corrected chi connectivity index (χ1v) is 8.65. The van der Waals surface area contributed by atoms with E-state index in [0.717, 1.165) is 45.6 Å². The maximum atomic E-state index is 12.4. The molecule has 2 saturated heterocycles. The van der Waals surface area contributed by atoms with Crippen LogP contribution in [-0.2, 0) is 11.3 Å². The standard InChI is InChI=1S/C17H26N4O.ClH/c22-15-2-3-16(6-9-18-10-7-16)12-20(15)13-17(4-5-17)14-21-11-1-8-19-21;/h1,8,11,18H,2-7,9-10,12-14H2;1H. The summed E-state index contributed by atoms with van der Waals surface area (Å²) in [5, 5.41) is 7.80. The highest BCUT2D eigenvalue weighted by atomic mass is 35.5. The monoisotopic (exact) mass is 338 g/mol. The van der Waals surface area contributed by atoms with Crippen molar-refractivity contribution in [3.8, 4) is 0 Å². The molecule has 1 spiro atoms. The normalized spacial score (nSPS) is 25.2. The zero-order valence-electron chi connectivity index (χ0n) is 13.7. The van der Waals surface area contributed by atoms with Gasteiger partial charge in [-0.15, -0.1) is 12.4 Å². The fraction of sp³-hybridized carbons (Fsp3) is 0.765. The molecule has 4 rings (SSSR count). The Morgan fingerprint density at radius 1 is 1.13 bits per heavy atom. The Morgan fingerprint density at radius 3 is 2.57 bits per heavy atom. The molecule has 6 heteroatoms. The van der Waals surface area contributed by atoms with E-state index in [1.165, 1.54) is 25.7 Å². The van der Waals surface area contributed by atoms with Crippen LogP contribution in [0.2, 0.25) is 0 Å². The number of likely N-dealkylation sites (tertiary alicyclic amines) is 1. The Kier molecular flexibility index (Phi) is 4.70. The first-order chi connectivity index (χ1) is 10.7. The van der Waals surface area contributed by atoms with Crippen LogP contribution in [0.1, 0.15) is 38.5 Å². The minimum Gasteiger partial charge on any atom is -0.342 e. The summed E-state index contributed by atoms with van der Waals surface area (Å²) in [4.78, 5) is 14.6. The van der Waals surface area contributed by atoms with Crippen molar-refractivity contribution in [2.45, 2.75) is 45.1 Å². The molecule has 0 atom stereocenters. The molecular formula is C17H27ClN4O. The molecule has 0 aromatic carbocycles. The number of amides is 1. The SMILES string of the molecule is Cl.O=C1CCC2(CCNCC2)CN1CC1(Cn2cccn2)CC1. The number of nitrogens with zero attached hydrogens (tertiary/aromatic N) is 3. The van der Waals surface area contributed by atoms with E-state index in [1.54, 1.807) is 0 Å². The molecule has 1 amide bonds. The third kappa shape index (κ3) is 3.56. The van der Waals surface area contributed by atoms with Gasteiger partial charge in [0.2, 0.25) is 5.91 Å². The van der Waals surface area contributed by atoms with Crippen LogP contribution in [0.3, 0.4) is 0 Å². The lowest BCUT2D eigenvalue weighted by atomic mass is 9.72. The van der Waals surface area contributed by atoms with Gasteiger partial charge in [-0.2, -0.15) is 5.10 Å². The molecule has 128 valence electrons. The van der Waals surface area contributed by atoms with Crippen molar-refractivity contribution in [1.82, 2.24) is 20.0 Å². The van der Waals surface area contributed by atoms with E-state index in [4.69, 9.17) is 0 Å². The van der Waals surface area contributed by atoms with E-state index in [1.807, 2.05) is 23.1 Å². The molecule has 1 saturated carbocycles. The fourth-order valence-electron chi connectivity index (χ4n) is 4.30. The molecule has 1 aliphatic carbocycles. The van der Waals surface area contributed by atoms with Crippen LogP contribution < -0.4 is 5.32 Å². The van der Waals surface area contributed by atoms with Crippen molar-refractivity contribution in [3.05, 3.63) is 18.5 Å². The molecule has 0 bridgehead atoms. The van der Waals surface area contributed by atoms with Gasteiger partial charge < -0.3 is 10.2 Å². The number of carbonyl (C=O) groups excluding carboxylic acids is 1. The average Bonchev–Trinajstić information content (AvgIpc) is 3.07. The maximum absolute atomic E-state index is 12.4. The molecule has 5 nitrogen and oxygen atoms in total. The van der Waals surface area contributed by atoms with Crippen LogP contribution in [0.15, 0.2) is 18.5 Å². The second-order valence-corrected chi connectivity index (χ2v) is 7.70. The number of piperidine rings is 2. The Morgan fingerprint density at radius 2 is 1.91 bits per heavy atom. The first kappa shape index (κ1) is 16.8. The Labute approximate surface area is 144 Å². The summed E-state index contributed by atoms with van der Waals surface area (Å²) < 4.78 is 2.03. The Balaban J connectivity index is 0.00000156. The van der Waals surface area contributed by atoms with Crippen molar-refractivity contribution < 1.29 is 4.79 Å². The van der Waals surface area contributed by atoms with Crippen LogP contribution in [0.25, 0.3) is 0 Å². The predicted octanol–water partition coefficient (Wildman–Crippen LogP) is 2.08. The van der Waals surface area contributed by atoms with Gasteiger partial charge in [0.15, 0.2) is 0 Å². The summed E-state index contributed by atoms with van der Waals surface area (Å²) in [6.07, 6.45) is 10.6. The number of aromatic nitrogens is 2. The summed E-state index contributed by atoms with van der Waals surface area (Å²) >= 11 is 0. The van der Waals surface area contributed by atoms with Gasteiger partial charge in [0.1, 0.15) is 0 Å². The topological polar surface area (TPSA) is 50.2 Å². The van der Waals surface area contributed by atoms with Gasteiger partial charge >= 0.3 is 0 Å². The Bertz CT molecular complexity index is 535. The largest absolute Gasteiger partial charge is 0.342 e. The summed E-state index contributed by atoms with van der Waals surface area (Å²) in [5.41, 5.74) is 0.675. The predicted molar refractivity (Wildman–Crippen MR) is 91.5 cm³/mol. The third-order valence-corrected chi connectivity index (χ3v) is 5.95. The quantitative estimate of drug-likeness (QED) is 0.914. The van der Waals surface area contributed by atoms with Gasteiger partial charge in [-0.3, -0.25) is 9.48 Å². The first-order valence-electron chi connectivity index (χ1n) is 8.65. The number of rotatable bonds is 4. The Hall–Kier alpha value is -1.07. The molecular weight excluding hydrogens is 312 g/mol. The zero-order valence-corrected chi connectivity index (χ0v) is 14.5. The van der Waals surface area contributed by atoms with E-state index >= 15 is 0 Å². The van der Waals surface area contributed by atoms with E-state index in [0.29, 0.717) is 11.3 Å². The summed E-state index contributed by atoms with van der Waals surface area (Å²) in [6.45, 7) is 5.09. The van der Waals surface area contributed by atoms with Crippen molar-refractivity contribution in [3.63, 3.8) is 0 Å². The fourth-order valence-corrected chi connectivity index (χ4v) is 4.30. The molecule has 3 fully saturated rings. The lowest BCUT2D eigenvalue weighted by Crippen LogP contribution is -2.52. The summed E-state index contributed by atoms with van der Waals surface area (Å²) in [5.74, 6) is 0.371. The van der Waals surface area contributed by atoms with E-state index in [2.05, 4.69) is 15.3 Å². The lowest BCUT2D eigenvalue weighted by molar-refractivity contribution is -0.139. The highest BCUT2D eigenvalue weighted by Crippen LogP contribution is 2.49. The molecule has 2 aliphatic heterocycles. The maximum Gasteiger partial charge on any atom is 0.222 e. The van der Waals surface area contributed by atoms with E-state index in [9.17, 15) is 4.79 Å². The van der Waals surface area contributed by atoms with E-state index in [-0.39, 0.29) is 17.8 Å². The highest BCUT2D eigenvalue weighted by molar-refractivity contribution is 5.85. The van der Waals surface area contributed by atoms with Crippen LogP contribution in [-0.4, -0.2) is 46.8 Å². The smallest absolute Gasteiger partial charge is 0.222 e. The van der Waals surface area contributed by atoms with Crippen LogP contribution in [0, 0.1) is 10.8 Å². The van der Waals surface area contributed by atoms with Crippen LogP contribution in [0.5, 0.6) is 0 Å². The summed E-state index contributed by atoms with van der Waals surface area (Å²) in [6, 6.07) is 1.98. The number of hydrogen-bond acceptors (Lipinski definition) is 3. The van der Waals surface area contributed by atoms with Gasteiger partial charge in [0.25, 0.3) is 0 Å². The van der Waals surface area contributed by atoms with Gasteiger partial charge in [-0.25, -0.2) is 0 Å². The second kappa shape index (κ2) is 6.44. The minimum atomic E-state index is 0. The number of nitrogens with one attached hydrogen (secondary N) is 1. The van der Waals surface area contributed by atoms with Gasteiger partial charge in [0, 0.05) is 43.9 Å². The summed E-state index contributed by atoms with van der Waals surface area (Å²) in [7, 11) is 0. The lowest BCUT2D eigenvalue weighted by Gasteiger charge is -2.46. The van der Waals surface area contributed by atoms with Gasteiger partial charge in [-0.05, 0) is 56.7 Å². The average molecular weight is 339 g/mol. The van der Waals surface area contributed by atoms with Crippen molar-refractivity contribution in [1.29, 1.82) is 0 Å².